The van der Waals surface area contributed by atoms with Crippen molar-refractivity contribution in [2.24, 2.45) is 0 Å². The first-order valence-electron chi connectivity index (χ1n) is 6.88. The molecule has 1 unspecified atom stereocenters. The Morgan fingerprint density at radius 2 is 2.05 bits per heavy atom. The molecule has 1 aromatic heterocycles. The van der Waals surface area contributed by atoms with Crippen molar-refractivity contribution in [2.45, 2.75) is 39.7 Å². The largest absolute Gasteiger partial charge is 0.305 e. The van der Waals surface area contributed by atoms with E-state index in [9.17, 15) is 0 Å². The molecule has 0 saturated heterocycles. The lowest BCUT2D eigenvalue weighted by molar-refractivity contribution is 0.598. The van der Waals surface area contributed by atoms with Crippen molar-refractivity contribution in [3.05, 3.63) is 46.0 Å². The SMILES string of the molecule is CCCNC(c1ccccc1C)c1snnc1CC. The summed E-state index contributed by atoms with van der Waals surface area (Å²) in [4.78, 5) is 1.25. The first-order chi connectivity index (χ1) is 9.27. The Balaban J connectivity index is 2.39. The van der Waals surface area contributed by atoms with Crippen LogP contribution in [0.2, 0.25) is 0 Å². The lowest BCUT2D eigenvalue weighted by Crippen LogP contribution is -2.24. The first kappa shape index (κ1) is 14.2. The fourth-order valence-corrected chi connectivity index (χ4v) is 3.06. The highest BCUT2D eigenvalue weighted by Crippen LogP contribution is 2.29. The zero-order chi connectivity index (χ0) is 13.7. The summed E-state index contributed by atoms with van der Waals surface area (Å²) in [5.74, 6) is 0. The van der Waals surface area contributed by atoms with Crippen LogP contribution in [0.25, 0.3) is 0 Å². The van der Waals surface area contributed by atoms with E-state index >= 15 is 0 Å². The predicted molar refractivity (Wildman–Crippen MR) is 80.6 cm³/mol. The van der Waals surface area contributed by atoms with Gasteiger partial charge in [-0.25, -0.2) is 0 Å². The average molecular weight is 275 g/mol. The van der Waals surface area contributed by atoms with E-state index < -0.39 is 0 Å². The van der Waals surface area contributed by atoms with E-state index in [-0.39, 0.29) is 6.04 Å². The van der Waals surface area contributed by atoms with Crippen LogP contribution in [0, 0.1) is 6.92 Å². The molecule has 0 aliphatic carbocycles. The third-order valence-corrected chi connectivity index (χ3v) is 4.11. The molecule has 0 amide bonds. The quantitative estimate of drug-likeness (QED) is 0.877. The van der Waals surface area contributed by atoms with E-state index in [1.165, 1.54) is 27.5 Å². The summed E-state index contributed by atoms with van der Waals surface area (Å²) in [5, 5.41) is 7.88. The number of rotatable bonds is 6. The van der Waals surface area contributed by atoms with Crippen molar-refractivity contribution in [1.82, 2.24) is 14.9 Å². The molecule has 2 aromatic rings. The number of hydrogen-bond acceptors (Lipinski definition) is 4. The van der Waals surface area contributed by atoms with Crippen molar-refractivity contribution < 1.29 is 0 Å². The standard InChI is InChI=1S/C15H21N3S/c1-4-10-16-14(12-9-7-6-8-11(12)3)15-13(5-2)17-18-19-15/h6-9,14,16H,4-5,10H2,1-3H3. The molecule has 0 spiro atoms. The summed E-state index contributed by atoms with van der Waals surface area (Å²) in [7, 11) is 0. The molecule has 102 valence electrons. The van der Waals surface area contributed by atoms with Crippen molar-refractivity contribution in [1.29, 1.82) is 0 Å². The van der Waals surface area contributed by atoms with Crippen LogP contribution in [-0.2, 0) is 6.42 Å². The Labute approximate surface area is 119 Å². The molecule has 1 atom stereocenters. The number of aryl methyl sites for hydroxylation is 2. The van der Waals surface area contributed by atoms with Gasteiger partial charge in [-0.05, 0) is 49.0 Å². The highest BCUT2D eigenvalue weighted by Gasteiger charge is 2.20. The van der Waals surface area contributed by atoms with Gasteiger partial charge in [0.15, 0.2) is 0 Å². The molecule has 0 saturated carbocycles. The van der Waals surface area contributed by atoms with Gasteiger partial charge < -0.3 is 5.32 Å². The maximum Gasteiger partial charge on any atom is 0.0804 e. The molecule has 0 fully saturated rings. The Kier molecular flexibility index (Phi) is 5.05. The van der Waals surface area contributed by atoms with E-state index in [4.69, 9.17) is 0 Å². The summed E-state index contributed by atoms with van der Waals surface area (Å²) < 4.78 is 4.13. The Bertz CT molecular complexity index is 522. The van der Waals surface area contributed by atoms with Gasteiger partial charge >= 0.3 is 0 Å². The molecule has 1 heterocycles. The zero-order valence-electron chi connectivity index (χ0n) is 11.8. The van der Waals surface area contributed by atoms with Crippen molar-refractivity contribution >= 4 is 11.5 Å². The predicted octanol–water partition coefficient (Wildman–Crippen LogP) is 3.50. The van der Waals surface area contributed by atoms with Gasteiger partial charge in [-0.15, -0.1) is 5.10 Å². The van der Waals surface area contributed by atoms with Crippen LogP contribution in [0.15, 0.2) is 24.3 Å². The Morgan fingerprint density at radius 1 is 1.26 bits per heavy atom. The van der Waals surface area contributed by atoms with Crippen LogP contribution >= 0.6 is 11.5 Å². The molecule has 4 heteroatoms. The van der Waals surface area contributed by atoms with Gasteiger partial charge in [0, 0.05) is 0 Å². The molecule has 0 radical (unpaired) electrons. The Morgan fingerprint density at radius 3 is 2.74 bits per heavy atom. The zero-order valence-corrected chi connectivity index (χ0v) is 12.6. The molecule has 3 nitrogen and oxygen atoms in total. The molecular formula is C15H21N3S. The van der Waals surface area contributed by atoms with Crippen LogP contribution in [0.3, 0.4) is 0 Å². The lowest BCUT2D eigenvalue weighted by atomic mass is 9.98. The maximum absolute atomic E-state index is 4.25. The summed E-state index contributed by atoms with van der Waals surface area (Å²) in [6, 6.07) is 8.76. The number of aromatic nitrogens is 2. The van der Waals surface area contributed by atoms with Crippen molar-refractivity contribution in [2.75, 3.05) is 6.54 Å². The van der Waals surface area contributed by atoms with Gasteiger partial charge in [0.05, 0.1) is 16.6 Å². The fraction of sp³-hybridized carbons (Fsp3) is 0.467. The highest BCUT2D eigenvalue weighted by molar-refractivity contribution is 7.05. The minimum Gasteiger partial charge on any atom is -0.305 e. The van der Waals surface area contributed by atoms with Gasteiger partial charge in [0.1, 0.15) is 0 Å². The van der Waals surface area contributed by atoms with E-state index in [0.29, 0.717) is 0 Å². The summed E-state index contributed by atoms with van der Waals surface area (Å²) >= 11 is 1.51. The van der Waals surface area contributed by atoms with Gasteiger partial charge in [-0.3, -0.25) is 0 Å². The van der Waals surface area contributed by atoms with Crippen molar-refractivity contribution in [3.8, 4) is 0 Å². The fourth-order valence-electron chi connectivity index (χ4n) is 2.22. The second-order valence-electron chi connectivity index (χ2n) is 4.68. The van der Waals surface area contributed by atoms with E-state index in [1.807, 2.05) is 0 Å². The number of benzene rings is 1. The normalized spacial score (nSPS) is 12.6. The number of hydrogen-bond donors (Lipinski definition) is 1. The van der Waals surface area contributed by atoms with E-state index in [2.05, 4.69) is 59.9 Å². The van der Waals surface area contributed by atoms with E-state index in [1.54, 1.807) is 0 Å². The van der Waals surface area contributed by atoms with Crippen molar-refractivity contribution in [3.63, 3.8) is 0 Å². The number of nitrogens with one attached hydrogen (secondary N) is 1. The molecule has 1 aromatic carbocycles. The molecule has 0 aliphatic rings. The second-order valence-corrected chi connectivity index (χ2v) is 5.47. The first-order valence-corrected chi connectivity index (χ1v) is 7.65. The summed E-state index contributed by atoms with van der Waals surface area (Å²) in [6.45, 7) is 7.48. The molecular weight excluding hydrogens is 254 g/mol. The van der Waals surface area contributed by atoms with E-state index in [0.717, 1.165) is 25.1 Å². The van der Waals surface area contributed by atoms with Gasteiger partial charge in [-0.1, -0.05) is 42.6 Å². The minimum atomic E-state index is 0.219. The maximum atomic E-state index is 4.25. The lowest BCUT2D eigenvalue weighted by Gasteiger charge is -2.20. The third-order valence-electron chi connectivity index (χ3n) is 3.28. The topological polar surface area (TPSA) is 37.8 Å². The smallest absolute Gasteiger partial charge is 0.0804 e. The molecule has 2 rings (SSSR count). The number of nitrogens with zero attached hydrogens (tertiary/aromatic N) is 2. The monoisotopic (exact) mass is 275 g/mol. The molecule has 19 heavy (non-hydrogen) atoms. The van der Waals surface area contributed by atoms with Crippen LogP contribution in [-0.4, -0.2) is 16.1 Å². The summed E-state index contributed by atoms with van der Waals surface area (Å²) in [6.07, 6.45) is 2.05. The molecule has 1 N–H and O–H groups in total. The van der Waals surface area contributed by atoms with Gasteiger partial charge in [0.25, 0.3) is 0 Å². The van der Waals surface area contributed by atoms with Crippen LogP contribution in [0.1, 0.15) is 48.0 Å². The Hall–Kier alpha value is -1.26. The minimum absolute atomic E-state index is 0.219. The van der Waals surface area contributed by atoms with Crippen LogP contribution < -0.4 is 5.32 Å². The van der Waals surface area contributed by atoms with Gasteiger partial charge in [0.2, 0.25) is 0 Å². The molecule has 0 aliphatic heterocycles. The van der Waals surface area contributed by atoms with Crippen LogP contribution in [0.4, 0.5) is 0 Å². The summed E-state index contributed by atoms with van der Waals surface area (Å²) in [5.41, 5.74) is 3.75. The van der Waals surface area contributed by atoms with Gasteiger partial charge in [-0.2, -0.15) is 0 Å². The third kappa shape index (κ3) is 3.19. The van der Waals surface area contributed by atoms with Crippen LogP contribution in [0.5, 0.6) is 0 Å². The second kappa shape index (κ2) is 6.78. The average Bonchev–Trinajstić information content (AvgIpc) is 2.89. The highest BCUT2D eigenvalue weighted by atomic mass is 32.1. The molecule has 0 bridgehead atoms.